The van der Waals surface area contributed by atoms with E-state index in [0.29, 0.717) is 0 Å². The predicted molar refractivity (Wildman–Crippen MR) is 72.1 cm³/mol. The van der Waals surface area contributed by atoms with Gasteiger partial charge in [0.15, 0.2) is 5.82 Å². The van der Waals surface area contributed by atoms with Crippen LogP contribution < -0.4 is 0 Å². The molecule has 0 bridgehead atoms. The molecule has 0 saturated heterocycles. The number of nitrogens with zero attached hydrogens (tertiary/aromatic N) is 4. The van der Waals surface area contributed by atoms with Crippen LogP contribution in [0.3, 0.4) is 0 Å². The van der Waals surface area contributed by atoms with Crippen molar-refractivity contribution >= 4 is 0 Å². The van der Waals surface area contributed by atoms with Gasteiger partial charge in [0.05, 0.1) is 0 Å². The average molecular weight is 242 g/mol. The molecule has 4 nitrogen and oxygen atoms in total. The van der Waals surface area contributed by atoms with Crippen molar-refractivity contribution in [2.45, 2.75) is 26.2 Å². The maximum Gasteiger partial charge on any atom is 0.165 e. The second-order valence-corrected chi connectivity index (χ2v) is 4.32. The van der Waals surface area contributed by atoms with Crippen molar-refractivity contribution in [2.24, 2.45) is 7.05 Å². The normalized spacial score (nSPS) is 10.6. The lowest BCUT2D eigenvalue weighted by Gasteiger charge is -2.05. The van der Waals surface area contributed by atoms with Crippen LogP contribution in [0.1, 0.15) is 24.4 Å². The molecule has 0 aliphatic rings. The molecular formula is C14H18N4. The van der Waals surface area contributed by atoms with Gasteiger partial charge in [-0.1, -0.05) is 6.08 Å². The Kier molecular flexibility index (Phi) is 3.87. The molecule has 2 aromatic rings. The van der Waals surface area contributed by atoms with E-state index in [0.717, 1.165) is 42.2 Å². The zero-order valence-electron chi connectivity index (χ0n) is 10.9. The van der Waals surface area contributed by atoms with Gasteiger partial charge in [0.1, 0.15) is 5.82 Å². The van der Waals surface area contributed by atoms with Gasteiger partial charge in [-0.15, -0.1) is 16.8 Å². The monoisotopic (exact) mass is 242 g/mol. The van der Waals surface area contributed by atoms with Crippen molar-refractivity contribution in [3.8, 4) is 11.4 Å². The minimum Gasteiger partial charge on any atom is -0.314 e. The van der Waals surface area contributed by atoms with Crippen molar-refractivity contribution in [1.82, 2.24) is 19.7 Å². The largest absolute Gasteiger partial charge is 0.314 e. The number of pyridine rings is 1. The first kappa shape index (κ1) is 12.5. The maximum absolute atomic E-state index is 4.29. The van der Waals surface area contributed by atoms with E-state index in [1.807, 2.05) is 36.7 Å². The third-order valence-electron chi connectivity index (χ3n) is 3.02. The van der Waals surface area contributed by atoms with E-state index in [1.165, 1.54) is 0 Å². The fourth-order valence-corrected chi connectivity index (χ4v) is 1.94. The Bertz CT molecular complexity index is 542. The van der Waals surface area contributed by atoms with Crippen molar-refractivity contribution in [2.75, 3.05) is 0 Å². The molecule has 0 aliphatic carbocycles. The van der Waals surface area contributed by atoms with E-state index in [-0.39, 0.29) is 0 Å². The summed E-state index contributed by atoms with van der Waals surface area (Å²) < 4.78 is 2.05. The highest BCUT2D eigenvalue weighted by atomic mass is 15.3. The standard InChI is InChI=1S/C14H18N4/c1-4-5-6-9-13-16-17-14(18(13)3)12-8-7-10-15-11(12)2/h4,7-8,10H,1,5-6,9H2,2-3H3. The van der Waals surface area contributed by atoms with Gasteiger partial charge < -0.3 is 4.57 Å². The van der Waals surface area contributed by atoms with Crippen molar-refractivity contribution in [3.05, 3.63) is 42.5 Å². The summed E-state index contributed by atoms with van der Waals surface area (Å²) >= 11 is 0. The van der Waals surface area contributed by atoms with E-state index in [1.54, 1.807) is 6.20 Å². The number of aryl methyl sites for hydroxylation is 2. The van der Waals surface area contributed by atoms with Gasteiger partial charge in [-0.2, -0.15) is 0 Å². The molecule has 2 aromatic heterocycles. The van der Waals surface area contributed by atoms with Gasteiger partial charge in [-0.05, 0) is 31.9 Å². The molecule has 0 aliphatic heterocycles. The molecule has 0 amide bonds. The molecule has 0 saturated carbocycles. The van der Waals surface area contributed by atoms with Crippen LogP contribution in [0.2, 0.25) is 0 Å². The average Bonchev–Trinajstić information content (AvgIpc) is 2.72. The van der Waals surface area contributed by atoms with Gasteiger partial charge in [0, 0.05) is 30.9 Å². The Labute approximate surface area is 107 Å². The van der Waals surface area contributed by atoms with Gasteiger partial charge in [0.2, 0.25) is 0 Å². The number of allylic oxidation sites excluding steroid dienone is 1. The molecule has 2 heterocycles. The van der Waals surface area contributed by atoms with Crippen LogP contribution in [0.15, 0.2) is 31.0 Å². The SMILES string of the molecule is C=CCCCc1nnc(-c2cccnc2C)n1C. The van der Waals surface area contributed by atoms with Crippen LogP contribution in [-0.2, 0) is 13.5 Å². The molecule has 94 valence electrons. The van der Waals surface area contributed by atoms with Crippen LogP contribution in [-0.4, -0.2) is 19.7 Å². The van der Waals surface area contributed by atoms with Crippen LogP contribution >= 0.6 is 0 Å². The number of hydrogen-bond donors (Lipinski definition) is 0. The van der Waals surface area contributed by atoms with E-state index in [4.69, 9.17) is 0 Å². The molecule has 0 aromatic carbocycles. The molecule has 18 heavy (non-hydrogen) atoms. The van der Waals surface area contributed by atoms with Crippen LogP contribution in [0.4, 0.5) is 0 Å². The fourth-order valence-electron chi connectivity index (χ4n) is 1.94. The zero-order valence-corrected chi connectivity index (χ0v) is 10.9. The summed E-state index contributed by atoms with van der Waals surface area (Å²) in [4.78, 5) is 4.29. The Morgan fingerprint density at radius 2 is 2.22 bits per heavy atom. The van der Waals surface area contributed by atoms with Crippen LogP contribution in [0.5, 0.6) is 0 Å². The van der Waals surface area contributed by atoms with E-state index in [2.05, 4.69) is 21.8 Å². The lowest BCUT2D eigenvalue weighted by Crippen LogP contribution is -2.01. The number of rotatable bonds is 5. The predicted octanol–water partition coefficient (Wildman–Crippen LogP) is 2.69. The summed E-state index contributed by atoms with van der Waals surface area (Å²) in [6, 6.07) is 3.95. The second kappa shape index (κ2) is 5.58. The Balaban J connectivity index is 2.25. The molecular weight excluding hydrogens is 224 g/mol. The highest BCUT2D eigenvalue weighted by Gasteiger charge is 2.12. The molecule has 0 N–H and O–H groups in total. The van der Waals surface area contributed by atoms with E-state index < -0.39 is 0 Å². The highest BCUT2D eigenvalue weighted by molar-refractivity contribution is 5.57. The van der Waals surface area contributed by atoms with Gasteiger partial charge in [-0.25, -0.2) is 0 Å². The fraction of sp³-hybridized carbons (Fsp3) is 0.357. The molecule has 0 atom stereocenters. The summed E-state index contributed by atoms with van der Waals surface area (Å²) in [5.41, 5.74) is 2.02. The first-order chi connectivity index (χ1) is 8.74. The zero-order chi connectivity index (χ0) is 13.0. The van der Waals surface area contributed by atoms with Crippen molar-refractivity contribution in [1.29, 1.82) is 0 Å². The molecule has 0 unspecified atom stereocenters. The lowest BCUT2D eigenvalue weighted by molar-refractivity contribution is 0.733. The van der Waals surface area contributed by atoms with Gasteiger partial charge in [-0.3, -0.25) is 4.98 Å². The first-order valence-corrected chi connectivity index (χ1v) is 6.15. The van der Waals surface area contributed by atoms with Crippen LogP contribution in [0.25, 0.3) is 11.4 Å². The number of hydrogen-bond acceptors (Lipinski definition) is 3. The second-order valence-electron chi connectivity index (χ2n) is 4.32. The Hall–Kier alpha value is -1.97. The van der Waals surface area contributed by atoms with E-state index >= 15 is 0 Å². The van der Waals surface area contributed by atoms with Gasteiger partial charge in [0.25, 0.3) is 0 Å². The Morgan fingerprint density at radius 1 is 1.39 bits per heavy atom. The first-order valence-electron chi connectivity index (χ1n) is 6.15. The topological polar surface area (TPSA) is 43.6 Å². The minimum absolute atomic E-state index is 0.884. The number of unbranched alkanes of at least 4 members (excludes halogenated alkanes) is 1. The van der Waals surface area contributed by atoms with Crippen molar-refractivity contribution in [3.63, 3.8) is 0 Å². The molecule has 4 heteroatoms. The summed E-state index contributed by atoms with van der Waals surface area (Å²) in [6.07, 6.45) is 6.72. The van der Waals surface area contributed by atoms with Crippen molar-refractivity contribution < 1.29 is 0 Å². The summed E-state index contributed by atoms with van der Waals surface area (Å²) in [5, 5.41) is 8.53. The third-order valence-corrected chi connectivity index (χ3v) is 3.02. The molecule has 0 spiro atoms. The van der Waals surface area contributed by atoms with E-state index in [9.17, 15) is 0 Å². The summed E-state index contributed by atoms with van der Waals surface area (Å²) in [5.74, 6) is 1.89. The molecule has 0 fully saturated rings. The summed E-state index contributed by atoms with van der Waals surface area (Å²) in [7, 11) is 2.00. The molecule has 2 rings (SSSR count). The lowest BCUT2D eigenvalue weighted by atomic mass is 10.2. The maximum atomic E-state index is 4.29. The number of aromatic nitrogens is 4. The highest BCUT2D eigenvalue weighted by Crippen LogP contribution is 2.20. The molecule has 0 radical (unpaired) electrons. The summed E-state index contributed by atoms with van der Waals surface area (Å²) in [6.45, 7) is 5.72. The minimum atomic E-state index is 0.884. The third kappa shape index (κ3) is 2.47. The van der Waals surface area contributed by atoms with Crippen LogP contribution in [0, 0.1) is 6.92 Å². The smallest absolute Gasteiger partial charge is 0.165 e. The Morgan fingerprint density at radius 3 is 2.94 bits per heavy atom. The van der Waals surface area contributed by atoms with Gasteiger partial charge >= 0.3 is 0 Å². The quantitative estimate of drug-likeness (QED) is 0.598.